The summed E-state index contributed by atoms with van der Waals surface area (Å²) >= 11 is 0. The highest BCUT2D eigenvalue weighted by molar-refractivity contribution is 6.76. The van der Waals surface area contributed by atoms with Gasteiger partial charge in [0.1, 0.15) is 0 Å². The summed E-state index contributed by atoms with van der Waals surface area (Å²) in [5.41, 5.74) is -0.0328. The SMILES string of the molecule is CC(C)(C[Si](C)(C)C)O[Si](C)(C)N. The average molecular weight is 219 g/mol. The summed E-state index contributed by atoms with van der Waals surface area (Å²) in [4.78, 5) is 0. The maximum absolute atomic E-state index is 5.97. The Labute approximate surface area is 85.1 Å². The molecule has 0 unspecified atom stereocenters. The van der Waals surface area contributed by atoms with Gasteiger partial charge in [-0.3, -0.25) is 0 Å². The lowest BCUT2D eigenvalue weighted by Gasteiger charge is -2.36. The van der Waals surface area contributed by atoms with Crippen molar-refractivity contribution in [2.45, 2.75) is 58.2 Å². The van der Waals surface area contributed by atoms with Crippen LogP contribution in [0.5, 0.6) is 0 Å². The summed E-state index contributed by atoms with van der Waals surface area (Å²) in [7, 11) is -2.92. The van der Waals surface area contributed by atoms with E-state index in [1.807, 2.05) is 13.1 Å². The zero-order chi connectivity index (χ0) is 10.9. The highest BCUT2D eigenvalue weighted by Crippen LogP contribution is 2.25. The average Bonchev–Trinajstić information content (AvgIpc) is 1.43. The third-order valence-corrected chi connectivity index (χ3v) is 4.49. The van der Waals surface area contributed by atoms with Crippen molar-refractivity contribution in [2.75, 3.05) is 0 Å². The van der Waals surface area contributed by atoms with Crippen LogP contribution in [-0.2, 0) is 4.43 Å². The summed E-state index contributed by atoms with van der Waals surface area (Å²) < 4.78 is 5.95. The Morgan fingerprint density at radius 2 is 1.46 bits per heavy atom. The Balaban J connectivity index is 4.25. The Morgan fingerprint density at radius 3 is 1.69 bits per heavy atom. The topological polar surface area (TPSA) is 35.2 Å². The number of nitrogens with two attached hydrogens (primary N) is 1. The molecule has 0 aliphatic carbocycles. The molecule has 0 aromatic rings. The van der Waals surface area contributed by atoms with Crippen molar-refractivity contribution in [1.82, 2.24) is 0 Å². The van der Waals surface area contributed by atoms with Gasteiger partial charge in [0.25, 0.3) is 8.48 Å². The molecular formula is C9H25NOSi2. The van der Waals surface area contributed by atoms with E-state index in [0.717, 1.165) is 0 Å². The fraction of sp³-hybridized carbons (Fsp3) is 1.00. The molecule has 0 rings (SSSR count). The quantitative estimate of drug-likeness (QED) is 0.738. The van der Waals surface area contributed by atoms with E-state index < -0.39 is 16.6 Å². The predicted octanol–water partition coefficient (Wildman–Crippen LogP) is 2.78. The summed E-state index contributed by atoms with van der Waals surface area (Å²) in [5.74, 6) is 0. The first-order valence-electron chi connectivity index (χ1n) is 4.90. The highest BCUT2D eigenvalue weighted by atomic mass is 28.4. The zero-order valence-corrected chi connectivity index (χ0v) is 12.2. The first-order chi connectivity index (χ1) is 5.41. The van der Waals surface area contributed by atoms with Crippen molar-refractivity contribution in [3.63, 3.8) is 0 Å². The molecular weight excluding hydrogens is 194 g/mol. The maximum Gasteiger partial charge on any atom is 0.260 e. The fourth-order valence-corrected chi connectivity index (χ4v) is 6.29. The van der Waals surface area contributed by atoms with E-state index in [0.29, 0.717) is 0 Å². The molecule has 2 nitrogen and oxygen atoms in total. The second-order valence-electron chi connectivity index (χ2n) is 6.20. The molecule has 0 fully saturated rings. The van der Waals surface area contributed by atoms with E-state index in [-0.39, 0.29) is 5.60 Å². The van der Waals surface area contributed by atoms with E-state index >= 15 is 0 Å². The van der Waals surface area contributed by atoms with E-state index in [9.17, 15) is 0 Å². The molecule has 80 valence electrons. The predicted molar refractivity (Wildman–Crippen MR) is 65.0 cm³/mol. The smallest absolute Gasteiger partial charge is 0.260 e. The van der Waals surface area contributed by atoms with E-state index in [4.69, 9.17) is 9.83 Å². The van der Waals surface area contributed by atoms with Crippen LogP contribution in [0.2, 0.25) is 38.8 Å². The van der Waals surface area contributed by atoms with Gasteiger partial charge in [-0.1, -0.05) is 19.6 Å². The second kappa shape index (κ2) is 3.84. The van der Waals surface area contributed by atoms with Gasteiger partial charge in [0.05, 0.1) is 0 Å². The Morgan fingerprint density at radius 1 is 1.08 bits per heavy atom. The number of rotatable bonds is 4. The van der Waals surface area contributed by atoms with Gasteiger partial charge in [-0.05, 0) is 33.0 Å². The van der Waals surface area contributed by atoms with Crippen molar-refractivity contribution in [2.24, 2.45) is 5.40 Å². The van der Waals surface area contributed by atoms with Gasteiger partial charge in [0.2, 0.25) is 0 Å². The van der Waals surface area contributed by atoms with Gasteiger partial charge in [0.15, 0.2) is 0 Å². The van der Waals surface area contributed by atoms with Crippen LogP contribution < -0.4 is 5.40 Å². The third kappa shape index (κ3) is 8.68. The minimum absolute atomic E-state index is 0.0328. The Bertz CT molecular complexity index is 149. The van der Waals surface area contributed by atoms with Crippen LogP contribution in [0.3, 0.4) is 0 Å². The van der Waals surface area contributed by atoms with Crippen molar-refractivity contribution in [3.05, 3.63) is 0 Å². The Kier molecular flexibility index (Phi) is 3.95. The van der Waals surface area contributed by atoms with Crippen LogP contribution in [-0.4, -0.2) is 22.2 Å². The zero-order valence-electron chi connectivity index (χ0n) is 10.2. The third-order valence-electron chi connectivity index (χ3n) is 1.50. The molecule has 0 amide bonds. The van der Waals surface area contributed by atoms with Crippen LogP contribution in [0.1, 0.15) is 13.8 Å². The minimum atomic E-state index is -1.87. The lowest BCUT2D eigenvalue weighted by Crippen LogP contribution is -2.50. The first-order valence-corrected chi connectivity index (χ1v) is 11.6. The van der Waals surface area contributed by atoms with Crippen LogP contribution >= 0.6 is 0 Å². The molecule has 0 heterocycles. The van der Waals surface area contributed by atoms with Gasteiger partial charge in [-0.25, -0.2) is 0 Å². The van der Waals surface area contributed by atoms with Gasteiger partial charge in [-0.15, -0.1) is 0 Å². The summed E-state index contributed by atoms with van der Waals surface area (Å²) in [6.07, 6.45) is 0. The molecule has 13 heavy (non-hydrogen) atoms. The fourth-order valence-electron chi connectivity index (χ4n) is 2.03. The van der Waals surface area contributed by atoms with Crippen LogP contribution in [0.15, 0.2) is 0 Å². The lowest BCUT2D eigenvalue weighted by molar-refractivity contribution is 0.119. The number of hydrogen-bond donors (Lipinski definition) is 1. The molecule has 0 saturated heterocycles. The maximum atomic E-state index is 5.97. The number of hydrogen-bond acceptors (Lipinski definition) is 2. The van der Waals surface area contributed by atoms with Crippen LogP contribution in [0, 0.1) is 0 Å². The molecule has 0 aliphatic rings. The minimum Gasteiger partial charge on any atom is -0.399 e. The van der Waals surface area contributed by atoms with Crippen molar-refractivity contribution in [1.29, 1.82) is 0 Å². The second-order valence-corrected chi connectivity index (χ2v) is 15.1. The molecule has 0 spiro atoms. The molecule has 0 aromatic carbocycles. The van der Waals surface area contributed by atoms with Crippen LogP contribution in [0.25, 0.3) is 0 Å². The molecule has 0 aliphatic heterocycles. The molecule has 2 N–H and O–H groups in total. The van der Waals surface area contributed by atoms with Crippen LogP contribution in [0.4, 0.5) is 0 Å². The Hall–Kier alpha value is 0.354. The molecule has 0 saturated carbocycles. The lowest BCUT2D eigenvalue weighted by atomic mass is 10.2. The normalized spacial score (nSPS) is 14.8. The first kappa shape index (κ1) is 13.4. The monoisotopic (exact) mass is 219 g/mol. The highest BCUT2D eigenvalue weighted by Gasteiger charge is 2.32. The van der Waals surface area contributed by atoms with Gasteiger partial charge in [0, 0.05) is 13.7 Å². The van der Waals surface area contributed by atoms with Crippen molar-refractivity contribution in [3.8, 4) is 0 Å². The largest absolute Gasteiger partial charge is 0.399 e. The van der Waals surface area contributed by atoms with E-state index in [2.05, 4.69) is 33.5 Å². The molecule has 4 heteroatoms. The summed E-state index contributed by atoms with van der Waals surface area (Å²) in [6.45, 7) is 15.5. The summed E-state index contributed by atoms with van der Waals surface area (Å²) in [6, 6.07) is 1.17. The van der Waals surface area contributed by atoms with Gasteiger partial charge >= 0.3 is 0 Å². The molecule has 0 bridgehead atoms. The van der Waals surface area contributed by atoms with Crippen molar-refractivity contribution >= 4 is 16.6 Å². The molecule has 0 radical (unpaired) electrons. The van der Waals surface area contributed by atoms with E-state index in [1.54, 1.807) is 0 Å². The summed E-state index contributed by atoms with van der Waals surface area (Å²) in [5, 5.41) is 5.97. The van der Waals surface area contributed by atoms with Crippen molar-refractivity contribution < 1.29 is 4.43 Å². The molecule has 0 aromatic heterocycles. The molecule has 0 atom stereocenters. The van der Waals surface area contributed by atoms with Gasteiger partial charge < -0.3 is 9.83 Å². The van der Waals surface area contributed by atoms with Gasteiger partial charge in [-0.2, -0.15) is 0 Å². The standard InChI is InChI=1S/C9H25NOSi2/c1-9(2,8-12(3,4)5)11-13(6,7)10/h8,10H2,1-7H3. The van der Waals surface area contributed by atoms with E-state index in [1.165, 1.54) is 6.04 Å².